The largest absolute Gasteiger partial charge is 0.480 e. The number of carbonyl (C=O) groups excluding carboxylic acids is 1. The molecule has 1 heterocycles. The molecule has 0 aromatic heterocycles. The minimum absolute atomic E-state index is 0.00537. The van der Waals surface area contributed by atoms with E-state index >= 15 is 0 Å². The number of aliphatic carboxylic acids is 1. The lowest BCUT2D eigenvalue weighted by atomic mass is 10.2. The van der Waals surface area contributed by atoms with Gasteiger partial charge in [0.2, 0.25) is 0 Å². The van der Waals surface area contributed by atoms with Crippen molar-refractivity contribution >= 4 is 12.0 Å². The topological polar surface area (TPSA) is 99.1 Å². The third-order valence-electron chi connectivity index (χ3n) is 2.31. The Morgan fingerprint density at radius 2 is 2.00 bits per heavy atom. The van der Waals surface area contributed by atoms with Gasteiger partial charge in [-0.05, 0) is 0 Å². The number of aliphatic hydroxyl groups excluding tert-OH is 1. The van der Waals surface area contributed by atoms with Crippen molar-refractivity contribution in [3.63, 3.8) is 0 Å². The van der Waals surface area contributed by atoms with Gasteiger partial charge in [0, 0.05) is 26.1 Å². The second-order valence-corrected chi connectivity index (χ2v) is 3.45. The fourth-order valence-corrected chi connectivity index (χ4v) is 1.39. The van der Waals surface area contributed by atoms with E-state index in [4.69, 9.17) is 14.9 Å². The smallest absolute Gasteiger partial charge is 0.326 e. The molecule has 92 valence electrons. The highest BCUT2D eigenvalue weighted by Gasteiger charge is 2.23. The third-order valence-corrected chi connectivity index (χ3v) is 2.31. The number of morpholine rings is 1. The first-order valence-electron chi connectivity index (χ1n) is 5.12. The van der Waals surface area contributed by atoms with Crippen LogP contribution < -0.4 is 5.32 Å². The van der Waals surface area contributed by atoms with Crippen LogP contribution in [0.3, 0.4) is 0 Å². The molecule has 0 spiro atoms. The number of nitrogens with zero attached hydrogens (tertiary/aromatic N) is 1. The Kier molecular flexibility index (Phi) is 5.00. The van der Waals surface area contributed by atoms with Gasteiger partial charge >= 0.3 is 12.0 Å². The number of carbonyl (C=O) groups is 2. The minimum Gasteiger partial charge on any atom is -0.480 e. The molecule has 1 rings (SSSR count). The van der Waals surface area contributed by atoms with Crippen molar-refractivity contribution in [3.8, 4) is 0 Å². The van der Waals surface area contributed by atoms with Crippen molar-refractivity contribution in [1.29, 1.82) is 0 Å². The number of hydrogen-bond acceptors (Lipinski definition) is 4. The SMILES string of the molecule is O=C(O)[C@@H](CCO)NC(=O)N1CCOCC1. The van der Waals surface area contributed by atoms with Crippen LogP contribution in [0.15, 0.2) is 0 Å². The lowest BCUT2D eigenvalue weighted by molar-refractivity contribution is -0.139. The number of carboxylic acids is 1. The number of ether oxygens (including phenoxy) is 1. The van der Waals surface area contributed by atoms with Gasteiger partial charge in [0.25, 0.3) is 0 Å². The average molecular weight is 232 g/mol. The van der Waals surface area contributed by atoms with Crippen molar-refractivity contribution < 1.29 is 24.5 Å². The summed E-state index contributed by atoms with van der Waals surface area (Å²) < 4.78 is 5.07. The fraction of sp³-hybridized carbons (Fsp3) is 0.778. The Hall–Kier alpha value is -1.34. The molecule has 2 amide bonds. The van der Waals surface area contributed by atoms with E-state index in [-0.39, 0.29) is 13.0 Å². The molecular formula is C9H16N2O5. The Balaban J connectivity index is 2.43. The van der Waals surface area contributed by atoms with Crippen molar-refractivity contribution in [2.24, 2.45) is 0 Å². The number of urea groups is 1. The lowest BCUT2D eigenvalue weighted by Gasteiger charge is -2.28. The molecule has 0 aromatic rings. The van der Waals surface area contributed by atoms with Crippen molar-refractivity contribution in [3.05, 3.63) is 0 Å². The van der Waals surface area contributed by atoms with Crippen LogP contribution in [0.4, 0.5) is 4.79 Å². The fourth-order valence-electron chi connectivity index (χ4n) is 1.39. The Morgan fingerprint density at radius 3 is 2.50 bits per heavy atom. The Labute approximate surface area is 93.0 Å². The zero-order chi connectivity index (χ0) is 12.0. The summed E-state index contributed by atoms with van der Waals surface area (Å²) in [6.07, 6.45) is 0.00537. The Morgan fingerprint density at radius 1 is 1.38 bits per heavy atom. The molecule has 0 bridgehead atoms. The first kappa shape index (κ1) is 12.7. The molecule has 7 heteroatoms. The van der Waals surface area contributed by atoms with Crippen molar-refractivity contribution in [2.75, 3.05) is 32.9 Å². The van der Waals surface area contributed by atoms with Gasteiger partial charge in [-0.25, -0.2) is 9.59 Å². The summed E-state index contributed by atoms with van der Waals surface area (Å²) in [5.74, 6) is -1.14. The summed E-state index contributed by atoms with van der Waals surface area (Å²) in [5.41, 5.74) is 0. The highest BCUT2D eigenvalue weighted by atomic mass is 16.5. The average Bonchev–Trinajstić information content (AvgIpc) is 2.29. The number of aliphatic hydroxyl groups is 1. The summed E-state index contributed by atoms with van der Waals surface area (Å²) in [7, 11) is 0. The molecule has 1 atom stereocenters. The van der Waals surface area contributed by atoms with Gasteiger partial charge in [-0.2, -0.15) is 0 Å². The van der Waals surface area contributed by atoms with Crippen LogP contribution in [0.1, 0.15) is 6.42 Å². The summed E-state index contributed by atoms with van der Waals surface area (Å²) in [4.78, 5) is 23.8. The molecule has 0 unspecified atom stereocenters. The van der Waals surface area contributed by atoms with Crippen LogP contribution >= 0.6 is 0 Å². The minimum atomic E-state index is -1.14. The molecule has 16 heavy (non-hydrogen) atoms. The Bertz CT molecular complexity index is 252. The number of amides is 2. The van der Waals surface area contributed by atoms with E-state index in [2.05, 4.69) is 5.32 Å². The normalized spacial score (nSPS) is 17.9. The second kappa shape index (κ2) is 6.29. The molecule has 0 saturated carbocycles. The summed E-state index contributed by atoms with van der Waals surface area (Å²) in [6.45, 7) is 1.56. The van der Waals surface area contributed by atoms with Crippen LogP contribution in [-0.4, -0.2) is 66.1 Å². The van der Waals surface area contributed by atoms with E-state index in [9.17, 15) is 9.59 Å². The van der Waals surface area contributed by atoms with Crippen LogP contribution in [0, 0.1) is 0 Å². The predicted molar refractivity (Wildman–Crippen MR) is 54.1 cm³/mol. The molecule has 7 nitrogen and oxygen atoms in total. The molecule has 0 aliphatic carbocycles. The second-order valence-electron chi connectivity index (χ2n) is 3.45. The quantitative estimate of drug-likeness (QED) is 0.569. The van der Waals surface area contributed by atoms with Crippen molar-refractivity contribution in [2.45, 2.75) is 12.5 Å². The summed E-state index contributed by atoms with van der Waals surface area (Å²) in [5, 5.41) is 19.8. The number of carboxylic acid groups (broad SMARTS) is 1. The van der Waals surface area contributed by atoms with Gasteiger partial charge in [0.15, 0.2) is 0 Å². The maximum absolute atomic E-state index is 11.6. The van der Waals surface area contributed by atoms with E-state index in [0.717, 1.165) is 0 Å². The van der Waals surface area contributed by atoms with Gasteiger partial charge in [0.1, 0.15) is 6.04 Å². The van der Waals surface area contributed by atoms with Crippen molar-refractivity contribution in [1.82, 2.24) is 10.2 Å². The zero-order valence-corrected chi connectivity index (χ0v) is 8.89. The lowest BCUT2D eigenvalue weighted by Crippen LogP contribution is -2.51. The van der Waals surface area contributed by atoms with Gasteiger partial charge in [-0.1, -0.05) is 0 Å². The van der Waals surface area contributed by atoms with Gasteiger partial charge < -0.3 is 25.2 Å². The van der Waals surface area contributed by atoms with Crippen LogP contribution in [0.25, 0.3) is 0 Å². The highest BCUT2D eigenvalue weighted by molar-refractivity contribution is 5.82. The van der Waals surface area contributed by atoms with E-state index < -0.39 is 18.0 Å². The molecule has 1 saturated heterocycles. The molecular weight excluding hydrogens is 216 g/mol. The van der Waals surface area contributed by atoms with E-state index in [1.165, 1.54) is 4.90 Å². The van der Waals surface area contributed by atoms with Crippen LogP contribution in [0.2, 0.25) is 0 Å². The maximum Gasteiger partial charge on any atom is 0.326 e. The molecule has 0 radical (unpaired) electrons. The van der Waals surface area contributed by atoms with E-state index in [0.29, 0.717) is 26.3 Å². The monoisotopic (exact) mass is 232 g/mol. The molecule has 1 aliphatic rings. The van der Waals surface area contributed by atoms with Gasteiger partial charge in [-0.3, -0.25) is 0 Å². The summed E-state index contributed by atoms with van der Waals surface area (Å²) >= 11 is 0. The predicted octanol–water partition coefficient (Wildman–Crippen LogP) is -1.14. The molecule has 1 fully saturated rings. The van der Waals surface area contributed by atoms with Gasteiger partial charge in [-0.15, -0.1) is 0 Å². The first-order chi connectivity index (χ1) is 7.65. The zero-order valence-electron chi connectivity index (χ0n) is 8.89. The highest BCUT2D eigenvalue weighted by Crippen LogP contribution is 1.99. The first-order valence-corrected chi connectivity index (χ1v) is 5.12. The summed E-state index contributed by atoms with van der Waals surface area (Å²) in [6, 6.07) is -1.47. The van der Waals surface area contributed by atoms with Crippen LogP contribution in [0.5, 0.6) is 0 Å². The molecule has 1 aliphatic heterocycles. The molecule has 3 N–H and O–H groups in total. The standard InChI is InChI=1S/C9H16N2O5/c12-4-1-7(8(13)14)10-9(15)11-2-5-16-6-3-11/h7,12H,1-6H2,(H,10,15)(H,13,14)/t7-/m1/s1. The van der Waals surface area contributed by atoms with Crippen LogP contribution in [-0.2, 0) is 9.53 Å². The van der Waals surface area contributed by atoms with E-state index in [1.807, 2.05) is 0 Å². The number of rotatable bonds is 4. The molecule has 0 aromatic carbocycles. The number of hydrogen-bond donors (Lipinski definition) is 3. The van der Waals surface area contributed by atoms with E-state index in [1.54, 1.807) is 0 Å². The maximum atomic E-state index is 11.6. The third kappa shape index (κ3) is 3.67. The van der Waals surface area contributed by atoms with Gasteiger partial charge in [0.05, 0.1) is 13.2 Å². The number of nitrogens with one attached hydrogen (secondary N) is 1.